The van der Waals surface area contributed by atoms with Gasteiger partial charge in [-0.3, -0.25) is 9.78 Å². The molecule has 0 aliphatic rings. The number of aromatic nitrogens is 3. The van der Waals surface area contributed by atoms with Gasteiger partial charge in [-0.2, -0.15) is 5.10 Å². The molecule has 6 nitrogen and oxygen atoms in total. The van der Waals surface area contributed by atoms with Gasteiger partial charge in [0.2, 0.25) is 0 Å². The van der Waals surface area contributed by atoms with Crippen LogP contribution in [-0.4, -0.2) is 25.8 Å². The van der Waals surface area contributed by atoms with Crippen LogP contribution in [0, 0.1) is 0 Å². The summed E-state index contributed by atoms with van der Waals surface area (Å²) in [7, 11) is 0. The van der Waals surface area contributed by atoms with Crippen molar-refractivity contribution in [1.82, 2.24) is 14.8 Å². The standard InChI is InChI=1S/C15H12N4O2/c20-14-8-11(9-16-10-14)15(21)18-12-2-4-13(5-3-12)19-7-1-6-17-19/h1-10,20H,(H,18,21). The number of hydrogen-bond donors (Lipinski definition) is 2. The predicted molar refractivity (Wildman–Crippen MR) is 77.4 cm³/mol. The third-order valence-corrected chi connectivity index (χ3v) is 2.88. The normalized spacial score (nSPS) is 10.3. The summed E-state index contributed by atoms with van der Waals surface area (Å²) in [6.45, 7) is 0. The van der Waals surface area contributed by atoms with Crippen molar-refractivity contribution >= 4 is 11.6 Å². The van der Waals surface area contributed by atoms with Gasteiger partial charge in [0.15, 0.2) is 0 Å². The number of aromatic hydroxyl groups is 1. The molecule has 0 fully saturated rings. The first-order valence-corrected chi connectivity index (χ1v) is 6.28. The van der Waals surface area contributed by atoms with E-state index in [1.807, 2.05) is 24.4 Å². The first kappa shape index (κ1) is 12.9. The van der Waals surface area contributed by atoms with Crippen molar-refractivity contribution < 1.29 is 9.90 Å². The summed E-state index contributed by atoms with van der Waals surface area (Å²) in [5.41, 5.74) is 1.85. The molecule has 3 aromatic rings. The van der Waals surface area contributed by atoms with E-state index in [1.54, 1.807) is 23.0 Å². The molecule has 0 spiro atoms. The van der Waals surface area contributed by atoms with Crippen LogP contribution in [0.2, 0.25) is 0 Å². The van der Waals surface area contributed by atoms with Gasteiger partial charge in [-0.15, -0.1) is 0 Å². The minimum absolute atomic E-state index is 0.0447. The molecule has 6 heteroatoms. The largest absolute Gasteiger partial charge is 0.506 e. The summed E-state index contributed by atoms with van der Waals surface area (Å²) >= 11 is 0. The van der Waals surface area contributed by atoms with Crippen LogP contribution in [0.15, 0.2) is 61.2 Å². The third-order valence-electron chi connectivity index (χ3n) is 2.88. The van der Waals surface area contributed by atoms with Crippen LogP contribution in [0.3, 0.4) is 0 Å². The zero-order chi connectivity index (χ0) is 14.7. The molecular weight excluding hydrogens is 268 g/mol. The number of hydrogen-bond acceptors (Lipinski definition) is 4. The number of pyridine rings is 1. The van der Waals surface area contributed by atoms with Crippen molar-refractivity contribution in [1.29, 1.82) is 0 Å². The van der Waals surface area contributed by atoms with Crippen LogP contribution < -0.4 is 5.32 Å². The molecular formula is C15H12N4O2. The molecule has 0 saturated heterocycles. The third kappa shape index (κ3) is 2.89. The highest BCUT2D eigenvalue weighted by Gasteiger charge is 2.07. The van der Waals surface area contributed by atoms with Gasteiger partial charge in [-0.1, -0.05) is 0 Å². The zero-order valence-corrected chi connectivity index (χ0v) is 11.0. The fourth-order valence-corrected chi connectivity index (χ4v) is 1.87. The van der Waals surface area contributed by atoms with Gasteiger partial charge in [0.1, 0.15) is 5.75 Å². The van der Waals surface area contributed by atoms with Crippen molar-refractivity contribution in [3.8, 4) is 11.4 Å². The lowest BCUT2D eigenvalue weighted by molar-refractivity contribution is 0.102. The second kappa shape index (κ2) is 5.46. The Balaban J connectivity index is 1.75. The molecule has 2 heterocycles. The molecule has 0 unspecified atom stereocenters. The highest BCUT2D eigenvalue weighted by atomic mass is 16.3. The summed E-state index contributed by atoms with van der Waals surface area (Å²) < 4.78 is 1.73. The van der Waals surface area contributed by atoms with E-state index >= 15 is 0 Å². The van der Waals surface area contributed by atoms with Crippen LogP contribution in [0.4, 0.5) is 5.69 Å². The molecule has 0 aliphatic heterocycles. The number of nitrogens with one attached hydrogen (secondary N) is 1. The Bertz CT molecular complexity index is 752. The molecule has 3 rings (SSSR count). The Morgan fingerprint density at radius 3 is 2.67 bits per heavy atom. The first-order chi connectivity index (χ1) is 10.2. The highest BCUT2D eigenvalue weighted by Crippen LogP contribution is 2.15. The molecule has 104 valence electrons. The number of benzene rings is 1. The van der Waals surface area contributed by atoms with Gasteiger partial charge >= 0.3 is 0 Å². The number of nitrogens with zero attached hydrogens (tertiary/aromatic N) is 3. The quantitative estimate of drug-likeness (QED) is 0.771. The monoisotopic (exact) mass is 280 g/mol. The maximum Gasteiger partial charge on any atom is 0.257 e. The van der Waals surface area contributed by atoms with E-state index in [0.717, 1.165) is 5.69 Å². The molecule has 2 N–H and O–H groups in total. The molecule has 21 heavy (non-hydrogen) atoms. The topological polar surface area (TPSA) is 80.0 Å². The number of amides is 1. The van der Waals surface area contributed by atoms with E-state index in [4.69, 9.17) is 0 Å². The van der Waals surface area contributed by atoms with E-state index in [9.17, 15) is 9.90 Å². The average molecular weight is 280 g/mol. The van der Waals surface area contributed by atoms with Crippen LogP contribution in [0.25, 0.3) is 5.69 Å². The number of rotatable bonds is 3. The second-order valence-electron chi connectivity index (χ2n) is 4.38. The van der Waals surface area contributed by atoms with E-state index in [-0.39, 0.29) is 11.7 Å². The molecule has 0 radical (unpaired) electrons. The van der Waals surface area contributed by atoms with Crippen molar-refractivity contribution in [3.05, 3.63) is 66.7 Å². The fourth-order valence-electron chi connectivity index (χ4n) is 1.87. The van der Waals surface area contributed by atoms with E-state index < -0.39 is 0 Å². The molecule has 1 amide bonds. The van der Waals surface area contributed by atoms with E-state index in [0.29, 0.717) is 11.3 Å². The highest BCUT2D eigenvalue weighted by molar-refractivity contribution is 6.04. The van der Waals surface area contributed by atoms with Gasteiger partial charge < -0.3 is 10.4 Å². The maximum atomic E-state index is 12.0. The van der Waals surface area contributed by atoms with Crippen molar-refractivity contribution in [3.63, 3.8) is 0 Å². The summed E-state index contributed by atoms with van der Waals surface area (Å²) in [4.78, 5) is 15.8. The molecule has 0 atom stereocenters. The van der Waals surface area contributed by atoms with Gasteiger partial charge in [0.05, 0.1) is 17.4 Å². The Hall–Kier alpha value is -3.15. The van der Waals surface area contributed by atoms with Crippen molar-refractivity contribution in [2.75, 3.05) is 5.32 Å². The second-order valence-corrected chi connectivity index (χ2v) is 4.38. The number of carbonyl (C=O) groups is 1. The first-order valence-electron chi connectivity index (χ1n) is 6.28. The fraction of sp³-hybridized carbons (Fsp3) is 0. The Morgan fingerprint density at radius 1 is 1.19 bits per heavy atom. The Kier molecular flexibility index (Phi) is 3.34. The van der Waals surface area contributed by atoms with E-state index in [1.165, 1.54) is 18.5 Å². The average Bonchev–Trinajstić information content (AvgIpc) is 3.02. The van der Waals surface area contributed by atoms with Crippen LogP contribution >= 0.6 is 0 Å². The van der Waals surface area contributed by atoms with Gasteiger partial charge in [0, 0.05) is 24.3 Å². The Labute approximate surface area is 120 Å². The number of carbonyl (C=O) groups excluding carboxylic acids is 1. The lowest BCUT2D eigenvalue weighted by Crippen LogP contribution is -2.12. The van der Waals surface area contributed by atoms with Crippen molar-refractivity contribution in [2.24, 2.45) is 0 Å². The summed E-state index contributed by atoms with van der Waals surface area (Å²) in [5, 5.41) is 16.2. The molecule has 0 aliphatic carbocycles. The van der Waals surface area contributed by atoms with Crippen LogP contribution in [0.1, 0.15) is 10.4 Å². The SMILES string of the molecule is O=C(Nc1ccc(-n2cccn2)cc1)c1cncc(O)c1. The number of anilines is 1. The molecule has 0 saturated carbocycles. The van der Waals surface area contributed by atoms with Crippen molar-refractivity contribution in [2.45, 2.75) is 0 Å². The Morgan fingerprint density at radius 2 is 2.00 bits per heavy atom. The smallest absolute Gasteiger partial charge is 0.257 e. The zero-order valence-electron chi connectivity index (χ0n) is 11.0. The molecule has 2 aromatic heterocycles. The maximum absolute atomic E-state index is 12.0. The minimum atomic E-state index is -0.328. The lowest BCUT2D eigenvalue weighted by Gasteiger charge is -2.07. The summed E-state index contributed by atoms with van der Waals surface area (Å²) in [6, 6.07) is 10.5. The van der Waals surface area contributed by atoms with Crippen LogP contribution in [0.5, 0.6) is 5.75 Å². The van der Waals surface area contributed by atoms with Gasteiger partial charge in [-0.05, 0) is 36.4 Å². The molecule has 1 aromatic carbocycles. The lowest BCUT2D eigenvalue weighted by atomic mass is 10.2. The summed E-state index contributed by atoms with van der Waals surface area (Å²) in [5.74, 6) is -0.373. The van der Waals surface area contributed by atoms with Gasteiger partial charge in [0.25, 0.3) is 5.91 Å². The summed E-state index contributed by atoms with van der Waals surface area (Å²) in [6.07, 6.45) is 6.21. The van der Waals surface area contributed by atoms with Crippen LogP contribution in [-0.2, 0) is 0 Å². The predicted octanol–water partition coefficient (Wildman–Crippen LogP) is 2.23. The minimum Gasteiger partial charge on any atom is -0.506 e. The van der Waals surface area contributed by atoms with E-state index in [2.05, 4.69) is 15.4 Å². The molecule has 0 bridgehead atoms. The van der Waals surface area contributed by atoms with Gasteiger partial charge in [-0.25, -0.2) is 4.68 Å².